The molecule has 0 aromatic heterocycles. The number of hydrogen-bond acceptors (Lipinski definition) is 15. The summed E-state index contributed by atoms with van der Waals surface area (Å²) in [6.45, 7) is 4.97. The Morgan fingerprint density at radius 2 is 0.430 bits per heavy atom. The number of phosphoric acid groups is 2. The number of unbranched alkanes of at least 4 members (excludes halogenated alkanes) is 49. The van der Waals surface area contributed by atoms with Crippen molar-refractivity contribution in [2.75, 3.05) is 39.6 Å². The molecule has 0 bridgehead atoms. The lowest BCUT2D eigenvalue weighted by molar-refractivity contribution is -0.161. The first-order chi connectivity index (χ1) is 45.2. The molecule has 3 N–H and O–H groups in total. The molecule has 0 spiro atoms. The number of aliphatic hydroxyl groups excluding tert-OH is 1. The summed E-state index contributed by atoms with van der Waals surface area (Å²) in [7, 11) is -9.90. The number of esters is 4. The second-order valence-electron chi connectivity index (χ2n) is 26.7. The van der Waals surface area contributed by atoms with Crippen LogP contribution in [0, 0.1) is 0 Å². The van der Waals surface area contributed by atoms with Crippen molar-refractivity contribution < 1.29 is 80.2 Å². The third-order valence-corrected chi connectivity index (χ3v) is 19.3. The van der Waals surface area contributed by atoms with Crippen LogP contribution >= 0.6 is 15.6 Å². The molecule has 0 heterocycles. The SMILES string of the molecule is CCCCCCCCCCCCCCCCCCCCC(=O)O[C@H](COC(=O)CCCCCCCCCCCCCCC)COP(=O)(O)OC[C@@H](O)COP(=O)(O)OC[C@@H](COC(=O)CCCCCCCCCCCCC)OC(=O)CCCCCCCCCCCCC. The highest BCUT2D eigenvalue weighted by Gasteiger charge is 2.30. The zero-order valence-electron chi connectivity index (χ0n) is 60.2. The summed E-state index contributed by atoms with van der Waals surface area (Å²) in [5.41, 5.74) is 0. The monoisotopic (exact) mass is 1370 g/mol. The molecule has 0 aromatic carbocycles. The van der Waals surface area contributed by atoms with Gasteiger partial charge in [-0.1, -0.05) is 342 Å². The van der Waals surface area contributed by atoms with Crippen LogP contribution in [0.5, 0.6) is 0 Å². The van der Waals surface area contributed by atoms with E-state index in [1.807, 2.05) is 0 Å². The summed E-state index contributed by atoms with van der Waals surface area (Å²) < 4.78 is 68.4. The quantitative estimate of drug-likeness (QED) is 0.0222. The predicted molar refractivity (Wildman–Crippen MR) is 377 cm³/mol. The van der Waals surface area contributed by atoms with Crippen molar-refractivity contribution in [2.45, 2.75) is 412 Å². The molecule has 0 aliphatic heterocycles. The number of carbonyl (C=O) groups is 4. The van der Waals surface area contributed by atoms with Gasteiger partial charge in [-0.15, -0.1) is 0 Å². The minimum Gasteiger partial charge on any atom is -0.462 e. The van der Waals surface area contributed by atoms with Gasteiger partial charge in [0.15, 0.2) is 12.2 Å². The van der Waals surface area contributed by atoms with Crippen LogP contribution in [-0.4, -0.2) is 96.7 Å². The summed E-state index contributed by atoms with van der Waals surface area (Å²) in [5, 5.41) is 10.6. The first-order valence-electron chi connectivity index (χ1n) is 38.8. The van der Waals surface area contributed by atoms with Crippen LogP contribution in [0.1, 0.15) is 394 Å². The van der Waals surface area contributed by atoms with Crippen LogP contribution in [-0.2, 0) is 65.4 Å². The second-order valence-corrected chi connectivity index (χ2v) is 29.6. The molecule has 0 aliphatic rings. The highest BCUT2D eigenvalue weighted by atomic mass is 31.2. The maximum Gasteiger partial charge on any atom is 0.472 e. The average Bonchev–Trinajstić information content (AvgIpc) is 2.46. The Labute approximate surface area is 568 Å². The maximum absolute atomic E-state index is 13.1. The van der Waals surface area contributed by atoms with Crippen LogP contribution in [0.15, 0.2) is 0 Å². The normalized spacial score (nSPS) is 13.9. The van der Waals surface area contributed by atoms with Gasteiger partial charge in [-0.2, -0.15) is 0 Å². The van der Waals surface area contributed by atoms with Gasteiger partial charge in [0.05, 0.1) is 26.4 Å². The van der Waals surface area contributed by atoms with Crippen molar-refractivity contribution in [3.05, 3.63) is 0 Å². The predicted octanol–water partition coefficient (Wildman–Crippen LogP) is 21.8. The van der Waals surface area contributed by atoms with Gasteiger partial charge in [-0.05, 0) is 25.7 Å². The number of carbonyl (C=O) groups excluding carboxylic acids is 4. The molecular formula is C74H144O17P2. The van der Waals surface area contributed by atoms with Crippen LogP contribution < -0.4 is 0 Å². The highest BCUT2D eigenvalue weighted by molar-refractivity contribution is 7.47. The largest absolute Gasteiger partial charge is 0.472 e. The fraction of sp³-hybridized carbons (Fsp3) is 0.946. The Balaban J connectivity index is 5.22. The van der Waals surface area contributed by atoms with E-state index in [0.717, 1.165) is 89.9 Å². The molecule has 0 saturated heterocycles. The Kier molecular flexibility index (Phi) is 67.1. The van der Waals surface area contributed by atoms with E-state index in [9.17, 15) is 43.2 Å². The lowest BCUT2D eigenvalue weighted by atomic mass is 10.0. The lowest BCUT2D eigenvalue weighted by Crippen LogP contribution is -2.30. The van der Waals surface area contributed by atoms with E-state index in [1.165, 1.54) is 225 Å². The van der Waals surface area contributed by atoms with E-state index in [4.69, 9.17) is 37.0 Å². The van der Waals surface area contributed by atoms with Gasteiger partial charge in [0.25, 0.3) is 0 Å². The van der Waals surface area contributed by atoms with Gasteiger partial charge in [-0.25, -0.2) is 9.13 Å². The molecule has 552 valence electrons. The smallest absolute Gasteiger partial charge is 0.462 e. The number of rotatable bonds is 75. The molecule has 17 nitrogen and oxygen atoms in total. The molecule has 0 saturated carbocycles. The van der Waals surface area contributed by atoms with Gasteiger partial charge < -0.3 is 33.8 Å². The van der Waals surface area contributed by atoms with E-state index in [0.29, 0.717) is 25.7 Å². The van der Waals surface area contributed by atoms with Crippen LogP contribution in [0.3, 0.4) is 0 Å². The van der Waals surface area contributed by atoms with Gasteiger partial charge >= 0.3 is 39.5 Å². The summed E-state index contributed by atoms with van der Waals surface area (Å²) in [5.74, 6) is -2.11. The fourth-order valence-electron chi connectivity index (χ4n) is 11.4. The molecule has 2 unspecified atom stereocenters. The first kappa shape index (κ1) is 91.1. The van der Waals surface area contributed by atoms with Crippen molar-refractivity contribution in [3.63, 3.8) is 0 Å². The van der Waals surface area contributed by atoms with Crippen molar-refractivity contribution in [2.24, 2.45) is 0 Å². The van der Waals surface area contributed by atoms with Gasteiger partial charge in [0.2, 0.25) is 0 Å². The summed E-state index contributed by atoms with van der Waals surface area (Å²) in [6.07, 6.45) is 58.1. The molecule has 5 atom stereocenters. The number of ether oxygens (including phenoxy) is 4. The molecule has 0 aromatic rings. The van der Waals surface area contributed by atoms with Gasteiger partial charge in [0, 0.05) is 25.7 Å². The van der Waals surface area contributed by atoms with Crippen LogP contribution in [0.2, 0.25) is 0 Å². The third-order valence-electron chi connectivity index (χ3n) is 17.4. The van der Waals surface area contributed by atoms with Crippen molar-refractivity contribution in [3.8, 4) is 0 Å². The Morgan fingerprint density at radius 3 is 0.634 bits per heavy atom. The van der Waals surface area contributed by atoms with Crippen molar-refractivity contribution >= 4 is 39.5 Å². The second kappa shape index (κ2) is 68.6. The summed E-state index contributed by atoms with van der Waals surface area (Å²) in [6, 6.07) is 0. The number of hydrogen-bond donors (Lipinski definition) is 3. The van der Waals surface area contributed by atoms with Crippen LogP contribution in [0.4, 0.5) is 0 Å². The molecule has 0 aliphatic carbocycles. The van der Waals surface area contributed by atoms with Gasteiger partial charge in [-0.3, -0.25) is 37.3 Å². The molecule has 0 radical (unpaired) electrons. The van der Waals surface area contributed by atoms with Crippen LogP contribution in [0.25, 0.3) is 0 Å². The number of phosphoric ester groups is 2. The molecule has 0 fully saturated rings. The zero-order valence-corrected chi connectivity index (χ0v) is 62.0. The first-order valence-corrected chi connectivity index (χ1v) is 41.8. The average molecular weight is 1370 g/mol. The Hall–Kier alpha value is -1.94. The van der Waals surface area contributed by atoms with E-state index < -0.39 is 97.5 Å². The molecule has 0 amide bonds. The fourth-order valence-corrected chi connectivity index (χ4v) is 13.0. The Morgan fingerprint density at radius 1 is 0.258 bits per heavy atom. The van der Waals surface area contributed by atoms with E-state index >= 15 is 0 Å². The molecule has 93 heavy (non-hydrogen) atoms. The molecule has 19 heteroatoms. The summed E-state index contributed by atoms with van der Waals surface area (Å²) in [4.78, 5) is 72.7. The topological polar surface area (TPSA) is 237 Å². The van der Waals surface area contributed by atoms with E-state index in [2.05, 4.69) is 27.7 Å². The minimum atomic E-state index is -4.95. The van der Waals surface area contributed by atoms with Crippen molar-refractivity contribution in [1.29, 1.82) is 0 Å². The standard InChI is InChI=1S/C74H144O17P2/c1-5-9-13-17-21-25-29-31-32-33-34-35-37-41-45-49-53-57-61-74(79)91-70(65-85-72(77)59-55-51-47-43-40-36-30-26-22-18-14-10-6-2)67-89-93(82,83)87-63-68(75)62-86-92(80,81)88-66-69(90-73(78)60-56-52-48-44-39-28-24-20-16-12-8-4)64-84-71(76)58-54-50-46-42-38-27-23-19-15-11-7-3/h68-70,75H,5-67H2,1-4H3,(H,80,81)(H,82,83)/t68-,69+,70+/m0/s1. The van der Waals surface area contributed by atoms with Gasteiger partial charge in [0.1, 0.15) is 19.3 Å². The third kappa shape index (κ3) is 68.4. The molecule has 0 rings (SSSR count). The maximum atomic E-state index is 13.1. The van der Waals surface area contributed by atoms with E-state index in [-0.39, 0.29) is 25.7 Å². The van der Waals surface area contributed by atoms with Crippen molar-refractivity contribution in [1.82, 2.24) is 0 Å². The Bertz CT molecular complexity index is 1770. The number of aliphatic hydroxyl groups is 1. The molecular weight excluding hydrogens is 1220 g/mol. The summed E-state index contributed by atoms with van der Waals surface area (Å²) >= 11 is 0. The van der Waals surface area contributed by atoms with E-state index in [1.54, 1.807) is 0 Å². The minimum absolute atomic E-state index is 0.108. The highest BCUT2D eigenvalue weighted by Crippen LogP contribution is 2.45. The zero-order chi connectivity index (χ0) is 68.2. The lowest BCUT2D eigenvalue weighted by Gasteiger charge is -2.21.